The summed E-state index contributed by atoms with van der Waals surface area (Å²) in [6.45, 7) is 2.59. The number of thiophene rings is 1. The number of hydrogen-bond acceptors (Lipinski definition) is 3. The molecule has 1 aliphatic carbocycles. The Labute approximate surface area is 186 Å². The van der Waals surface area contributed by atoms with Crippen molar-refractivity contribution >= 4 is 39.4 Å². The zero-order valence-electron chi connectivity index (χ0n) is 17.6. The SMILES string of the molecule is Cc1[nH]c2ccccc2c1C=Nc1sc2c(c1C(=O)NCc1ccccc1)CCCC2. The maximum absolute atomic E-state index is 13.2. The van der Waals surface area contributed by atoms with Crippen LogP contribution in [0.2, 0.25) is 0 Å². The third-order valence-electron chi connectivity index (χ3n) is 5.93. The number of para-hydroxylation sites is 1. The number of aromatic nitrogens is 1. The lowest BCUT2D eigenvalue weighted by Gasteiger charge is -2.12. The predicted molar refractivity (Wildman–Crippen MR) is 129 cm³/mol. The van der Waals surface area contributed by atoms with Crippen LogP contribution in [0.25, 0.3) is 10.9 Å². The number of aryl methyl sites for hydroxylation is 2. The Balaban J connectivity index is 1.48. The largest absolute Gasteiger partial charge is 0.358 e. The van der Waals surface area contributed by atoms with Crippen molar-refractivity contribution < 1.29 is 4.79 Å². The van der Waals surface area contributed by atoms with Crippen LogP contribution in [0.4, 0.5) is 5.00 Å². The monoisotopic (exact) mass is 427 g/mol. The first-order valence-electron chi connectivity index (χ1n) is 10.8. The van der Waals surface area contributed by atoms with Gasteiger partial charge < -0.3 is 10.3 Å². The molecule has 0 saturated heterocycles. The van der Waals surface area contributed by atoms with E-state index < -0.39 is 0 Å². The van der Waals surface area contributed by atoms with Crippen molar-refractivity contribution in [3.8, 4) is 0 Å². The number of amides is 1. The number of nitrogens with one attached hydrogen (secondary N) is 2. The van der Waals surface area contributed by atoms with Crippen molar-refractivity contribution in [2.75, 3.05) is 0 Å². The summed E-state index contributed by atoms with van der Waals surface area (Å²) in [6.07, 6.45) is 6.23. The summed E-state index contributed by atoms with van der Waals surface area (Å²) in [7, 11) is 0. The zero-order chi connectivity index (χ0) is 21.2. The van der Waals surface area contributed by atoms with E-state index in [2.05, 4.69) is 29.4 Å². The lowest BCUT2D eigenvalue weighted by molar-refractivity contribution is 0.0951. The molecule has 0 bridgehead atoms. The number of carbonyl (C=O) groups is 1. The summed E-state index contributed by atoms with van der Waals surface area (Å²) >= 11 is 1.68. The Morgan fingerprint density at radius 3 is 2.74 bits per heavy atom. The maximum atomic E-state index is 13.2. The summed E-state index contributed by atoms with van der Waals surface area (Å²) in [4.78, 5) is 22.8. The topological polar surface area (TPSA) is 57.2 Å². The molecular formula is C26H25N3OS. The number of hydrogen-bond donors (Lipinski definition) is 2. The number of benzene rings is 2. The summed E-state index contributed by atoms with van der Waals surface area (Å²) in [5, 5.41) is 5.09. The normalized spacial score (nSPS) is 13.6. The van der Waals surface area contributed by atoms with Gasteiger partial charge in [-0.15, -0.1) is 11.3 Å². The van der Waals surface area contributed by atoms with Gasteiger partial charge in [-0.2, -0.15) is 0 Å². The number of aliphatic imine (C=N–C) groups is 1. The Morgan fingerprint density at radius 2 is 1.87 bits per heavy atom. The first-order valence-corrected chi connectivity index (χ1v) is 11.6. The number of fused-ring (bicyclic) bond motifs is 2. The van der Waals surface area contributed by atoms with Crippen molar-refractivity contribution in [2.45, 2.75) is 39.2 Å². The van der Waals surface area contributed by atoms with Gasteiger partial charge in [0.15, 0.2) is 0 Å². The maximum Gasteiger partial charge on any atom is 0.254 e. The molecule has 0 saturated carbocycles. The van der Waals surface area contributed by atoms with Crippen molar-refractivity contribution in [1.82, 2.24) is 10.3 Å². The van der Waals surface area contributed by atoms with E-state index in [4.69, 9.17) is 4.99 Å². The second-order valence-electron chi connectivity index (χ2n) is 8.03. The van der Waals surface area contributed by atoms with E-state index in [1.165, 1.54) is 16.9 Å². The highest BCUT2D eigenvalue weighted by atomic mass is 32.1. The first kappa shape index (κ1) is 19.8. The molecule has 2 N–H and O–H groups in total. The van der Waals surface area contributed by atoms with Gasteiger partial charge in [-0.05, 0) is 49.8 Å². The summed E-state index contributed by atoms with van der Waals surface area (Å²) in [5.41, 5.74) is 6.33. The molecule has 0 unspecified atom stereocenters. The lowest BCUT2D eigenvalue weighted by atomic mass is 9.95. The second kappa shape index (κ2) is 8.52. The van der Waals surface area contributed by atoms with Crippen LogP contribution in [0, 0.1) is 6.92 Å². The second-order valence-corrected chi connectivity index (χ2v) is 9.11. The fourth-order valence-corrected chi connectivity index (χ4v) is 5.56. The highest BCUT2D eigenvalue weighted by molar-refractivity contribution is 7.16. The third-order valence-corrected chi connectivity index (χ3v) is 7.13. The van der Waals surface area contributed by atoms with Crippen LogP contribution in [0.1, 0.15) is 50.5 Å². The molecule has 5 rings (SSSR count). The fourth-order valence-electron chi connectivity index (χ4n) is 4.33. The molecule has 1 amide bonds. The molecule has 4 nitrogen and oxygen atoms in total. The zero-order valence-corrected chi connectivity index (χ0v) is 18.4. The first-order chi connectivity index (χ1) is 15.2. The molecule has 5 heteroatoms. The molecule has 1 aliphatic rings. The van der Waals surface area contributed by atoms with Gasteiger partial charge >= 0.3 is 0 Å². The Bertz CT molecular complexity index is 1270. The van der Waals surface area contributed by atoms with E-state index in [1.54, 1.807) is 11.3 Å². The average Bonchev–Trinajstić information content (AvgIpc) is 3.33. The molecule has 4 aromatic rings. The van der Waals surface area contributed by atoms with Gasteiger partial charge in [0.25, 0.3) is 5.91 Å². The molecule has 2 aromatic carbocycles. The van der Waals surface area contributed by atoms with E-state index in [-0.39, 0.29) is 5.91 Å². The number of nitrogens with zero attached hydrogens (tertiary/aromatic N) is 1. The highest BCUT2D eigenvalue weighted by Crippen LogP contribution is 2.40. The Hall–Kier alpha value is -3.18. The van der Waals surface area contributed by atoms with Gasteiger partial charge in [-0.3, -0.25) is 4.79 Å². The van der Waals surface area contributed by atoms with Crippen molar-refractivity contribution in [2.24, 2.45) is 4.99 Å². The molecular weight excluding hydrogens is 402 g/mol. The highest BCUT2D eigenvalue weighted by Gasteiger charge is 2.25. The van der Waals surface area contributed by atoms with Crippen molar-refractivity contribution in [1.29, 1.82) is 0 Å². The van der Waals surface area contributed by atoms with Gasteiger partial charge in [0.1, 0.15) is 5.00 Å². The molecule has 31 heavy (non-hydrogen) atoms. The van der Waals surface area contributed by atoms with Crippen LogP contribution in [0.3, 0.4) is 0 Å². The fraction of sp³-hybridized carbons (Fsp3) is 0.231. The number of carbonyl (C=O) groups excluding carboxylic acids is 1. The molecule has 0 atom stereocenters. The van der Waals surface area contributed by atoms with E-state index in [0.717, 1.165) is 57.6 Å². The van der Waals surface area contributed by atoms with Crippen molar-refractivity contribution in [3.05, 3.63) is 87.4 Å². The van der Waals surface area contributed by atoms with E-state index in [0.29, 0.717) is 6.54 Å². The predicted octanol–water partition coefficient (Wildman–Crippen LogP) is 6.10. The smallest absolute Gasteiger partial charge is 0.254 e. The van der Waals surface area contributed by atoms with Gasteiger partial charge in [0.05, 0.1) is 5.56 Å². The van der Waals surface area contributed by atoms with Crippen LogP contribution in [0.5, 0.6) is 0 Å². The Kier molecular flexibility index (Phi) is 5.43. The quantitative estimate of drug-likeness (QED) is 0.372. The van der Waals surface area contributed by atoms with Crippen LogP contribution >= 0.6 is 11.3 Å². The summed E-state index contributed by atoms with van der Waals surface area (Å²) in [6, 6.07) is 18.3. The molecule has 2 heterocycles. The average molecular weight is 428 g/mol. The minimum Gasteiger partial charge on any atom is -0.358 e. The van der Waals surface area contributed by atoms with E-state index in [1.807, 2.05) is 48.7 Å². The van der Waals surface area contributed by atoms with Gasteiger partial charge in [-0.25, -0.2) is 4.99 Å². The standard InChI is InChI=1S/C26H25N3OS/c1-17-21(19-11-5-7-13-22(19)29-17)16-28-26-24(20-12-6-8-14-23(20)31-26)25(30)27-15-18-9-3-2-4-10-18/h2-5,7,9-11,13,16,29H,6,8,12,14-15H2,1H3,(H,27,30). The summed E-state index contributed by atoms with van der Waals surface area (Å²) < 4.78 is 0. The van der Waals surface area contributed by atoms with Gasteiger partial charge in [-0.1, -0.05) is 48.5 Å². The molecule has 2 aromatic heterocycles. The third kappa shape index (κ3) is 3.93. The van der Waals surface area contributed by atoms with Crippen LogP contribution in [-0.2, 0) is 19.4 Å². The minimum atomic E-state index is -0.0222. The van der Waals surface area contributed by atoms with Gasteiger partial charge in [0.2, 0.25) is 0 Å². The van der Waals surface area contributed by atoms with Crippen LogP contribution in [0.15, 0.2) is 59.6 Å². The van der Waals surface area contributed by atoms with Crippen LogP contribution < -0.4 is 5.32 Å². The number of aromatic amines is 1. The van der Waals surface area contributed by atoms with Crippen molar-refractivity contribution in [3.63, 3.8) is 0 Å². The number of rotatable bonds is 5. The van der Waals surface area contributed by atoms with Crippen LogP contribution in [-0.4, -0.2) is 17.1 Å². The molecule has 156 valence electrons. The molecule has 0 aliphatic heterocycles. The molecule has 0 fully saturated rings. The molecule has 0 spiro atoms. The van der Waals surface area contributed by atoms with E-state index >= 15 is 0 Å². The Morgan fingerprint density at radius 1 is 1.10 bits per heavy atom. The van der Waals surface area contributed by atoms with Gasteiger partial charge in [0, 0.05) is 39.8 Å². The van der Waals surface area contributed by atoms with E-state index in [9.17, 15) is 4.79 Å². The lowest BCUT2D eigenvalue weighted by Crippen LogP contribution is -2.24. The molecule has 0 radical (unpaired) electrons. The minimum absolute atomic E-state index is 0.0222. The summed E-state index contributed by atoms with van der Waals surface area (Å²) in [5.74, 6) is -0.0222. The number of H-pyrrole nitrogens is 1.